The quantitative estimate of drug-likeness (QED) is 0.781. The molecule has 0 aromatic heterocycles. The lowest BCUT2D eigenvalue weighted by molar-refractivity contribution is 0.598. The molecular weight excluding hydrogens is 269 g/mol. The molecule has 0 saturated heterocycles. The van der Waals surface area contributed by atoms with E-state index in [4.69, 9.17) is 0 Å². The first-order valence-corrected chi connectivity index (χ1v) is 7.86. The van der Waals surface area contributed by atoms with Gasteiger partial charge >= 0.3 is 0 Å². The number of hydrogen-bond donors (Lipinski definition) is 1. The first kappa shape index (κ1) is 15.1. The summed E-state index contributed by atoms with van der Waals surface area (Å²) in [6.07, 6.45) is 0. The Labute approximate surface area is 124 Å². The average molecular weight is 289 g/mol. The van der Waals surface area contributed by atoms with Crippen LogP contribution in [0.5, 0.6) is 0 Å². The smallest absolute Gasteiger partial charge is 0.123 e. The summed E-state index contributed by atoms with van der Waals surface area (Å²) < 4.78 is 13.0. The highest BCUT2D eigenvalue weighted by Crippen LogP contribution is 2.25. The fourth-order valence-electron chi connectivity index (χ4n) is 2.03. The van der Waals surface area contributed by atoms with E-state index >= 15 is 0 Å². The van der Waals surface area contributed by atoms with Crippen molar-refractivity contribution >= 4 is 11.8 Å². The van der Waals surface area contributed by atoms with Crippen LogP contribution in [0.25, 0.3) is 0 Å². The minimum atomic E-state index is -0.185. The van der Waals surface area contributed by atoms with E-state index in [0.717, 1.165) is 17.9 Å². The van der Waals surface area contributed by atoms with Gasteiger partial charge in [0.15, 0.2) is 0 Å². The molecule has 2 aromatic carbocycles. The highest BCUT2D eigenvalue weighted by atomic mass is 32.2. The second-order valence-corrected chi connectivity index (χ2v) is 5.88. The van der Waals surface area contributed by atoms with Crippen LogP contribution in [0.1, 0.15) is 24.1 Å². The van der Waals surface area contributed by atoms with Gasteiger partial charge in [0.2, 0.25) is 0 Å². The molecule has 0 saturated carbocycles. The highest BCUT2D eigenvalue weighted by Gasteiger charge is 2.10. The van der Waals surface area contributed by atoms with Gasteiger partial charge in [-0.1, -0.05) is 36.8 Å². The van der Waals surface area contributed by atoms with Crippen LogP contribution in [0.4, 0.5) is 4.39 Å². The molecule has 20 heavy (non-hydrogen) atoms. The maximum Gasteiger partial charge on any atom is 0.123 e. The van der Waals surface area contributed by atoms with Gasteiger partial charge in [0.1, 0.15) is 5.82 Å². The van der Waals surface area contributed by atoms with Crippen LogP contribution in [-0.4, -0.2) is 12.3 Å². The first-order valence-electron chi connectivity index (χ1n) is 6.87. The van der Waals surface area contributed by atoms with Gasteiger partial charge in [-0.3, -0.25) is 0 Å². The predicted octanol–water partition coefficient (Wildman–Crippen LogP) is 4.58. The molecule has 0 radical (unpaired) electrons. The zero-order valence-electron chi connectivity index (χ0n) is 11.9. The molecule has 0 bridgehead atoms. The molecule has 2 aromatic rings. The second kappa shape index (κ2) is 7.46. The van der Waals surface area contributed by atoms with Gasteiger partial charge in [0.25, 0.3) is 0 Å². The van der Waals surface area contributed by atoms with Crippen LogP contribution >= 0.6 is 11.8 Å². The Hall–Kier alpha value is -1.32. The van der Waals surface area contributed by atoms with E-state index in [1.54, 1.807) is 0 Å². The van der Waals surface area contributed by atoms with E-state index in [0.29, 0.717) is 0 Å². The molecule has 0 aliphatic rings. The third-order valence-corrected chi connectivity index (χ3v) is 4.27. The monoisotopic (exact) mass is 289 g/mol. The molecule has 1 nitrogen and oxygen atoms in total. The fourth-order valence-corrected chi connectivity index (χ4v) is 3.03. The molecule has 1 unspecified atom stereocenters. The molecular formula is C17H20FNS. The lowest BCUT2D eigenvalue weighted by Gasteiger charge is -2.18. The minimum Gasteiger partial charge on any atom is -0.309 e. The minimum absolute atomic E-state index is 0.185. The summed E-state index contributed by atoms with van der Waals surface area (Å²) >= 11 is 1.82. The Morgan fingerprint density at radius 1 is 1.05 bits per heavy atom. The van der Waals surface area contributed by atoms with E-state index in [1.807, 2.05) is 23.9 Å². The zero-order valence-corrected chi connectivity index (χ0v) is 12.7. The number of thioether (sulfide) groups is 1. The van der Waals surface area contributed by atoms with Gasteiger partial charge in [0.05, 0.1) is 0 Å². The van der Waals surface area contributed by atoms with Crippen molar-refractivity contribution in [2.45, 2.75) is 24.8 Å². The van der Waals surface area contributed by atoms with Crippen LogP contribution in [0.2, 0.25) is 0 Å². The summed E-state index contributed by atoms with van der Waals surface area (Å²) in [5.41, 5.74) is 2.41. The Morgan fingerprint density at radius 2 is 1.70 bits per heavy atom. The van der Waals surface area contributed by atoms with Crippen molar-refractivity contribution in [2.24, 2.45) is 0 Å². The van der Waals surface area contributed by atoms with Crippen LogP contribution in [0.15, 0.2) is 53.4 Å². The van der Waals surface area contributed by atoms with Gasteiger partial charge in [-0.25, -0.2) is 4.39 Å². The number of aryl methyl sites for hydroxylation is 1. The molecule has 0 heterocycles. The average Bonchev–Trinajstić information content (AvgIpc) is 2.46. The van der Waals surface area contributed by atoms with Crippen molar-refractivity contribution in [3.63, 3.8) is 0 Å². The molecule has 0 aliphatic carbocycles. The summed E-state index contributed by atoms with van der Waals surface area (Å²) in [5.74, 6) is 0.748. The van der Waals surface area contributed by atoms with Crippen molar-refractivity contribution in [1.82, 2.24) is 5.32 Å². The summed E-state index contributed by atoms with van der Waals surface area (Å²) in [7, 11) is 0. The maximum absolute atomic E-state index is 13.0. The standard InChI is InChI=1S/C17H20FNS/c1-3-19-17(14-6-8-15(18)9-7-14)12-20-16-10-4-13(2)5-11-16/h4-11,17,19H,3,12H2,1-2H3. The Kier molecular flexibility index (Phi) is 5.62. The predicted molar refractivity (Wildman–Crippen MR) is 84.7 cm³/mol. The second-order valence-electron chi connectivity index (χ2n) is 4.79. The van der Waals surface area contributed by atoms with Crippen molar-refractivity contribution in [3.05, 3.63) is 65.5 Å². The Bertz CT molecular complexity index is 522. The Balaban J connectivity index is 2.02. The molecule has 106 valence electrons. The van der Waals surface area contributed by atoms with Gasteiger partial charge in [-0.15, -0.1) is 11.8 Å². The lowest BCUT2D eigenvalue weighted by atomic mass is 10.1. The first-order chi connectivity index (χ1) is 9.69. The summed E-state index contributed by atoms with van der Waals surface area (Å²) in [4.78, 5) is 1.26. The highest BCUT2D eigenvalue weighted by molar-refractivity contribution is 7.99. The molecule has 0 amide bonds. The zero-order chi connectivity index (χ0) is 14.4. The molecule has 1 atom stereocenters. The number of hydrogen-bond acceptors (Lipinski definition) is 2. The molecule has 0 fully saturated rings. The molecule has 1 N–H and O–H groups in total. The van der Waals surface area contributed by atoms with Crippen molar-refractivity contribution in [3.8, 4) is 0 Å². The molecule has 0 aliphatic heterocycles. The van der Waals surface area contributed by atoms with Crippen molar-refractivity contribution < 1.29 is 4.39 Å². The molecule has 3 heteroatoms. The van der Waals surface area contributed by atoms with E-state index in [9.17, 15) is 4.39 Å². The third-order valence-electron chi connectivity index (χ3n) is 3.16. The van der Waals surface area contributed by atoms with E-state index in [2.05, 4.69) is 43.4 Å². The largest absolute Gasteiger partial charge is 0.309 e. The van der Waals surface area contributed by atoms with Crippen molar-refractivity contribution in [2.75, 3.05) is 12.3 Å². The van der Waals surface area contributed by atoms with E-state index in [-0.39, 0.29) is 11.9 Å². The Morgan fingerprint density at radius 3 is 2.30 bits per heavy atom. The number of halogens is 1. The fraction of sp³-hybridized carbons (Fsp3) is 0.294. The summed E-state index contributed by atoms with van der Waals surface area (Å²) in [6, 6.07) is 15.6. The number of rotatable bonds is 6. The van der Waals surface area contributed by atoms with E-state index < -0.39 is 0 Å². The van der Waals surface area contributed by atoms with Gasteiger partial charge < -0.3 is 5.32 Å². The third kappa shape index (κ3) is 4.36. The maximum atomic E-state index is 13.0. The van der Waals surface area contributed by atoms with Crippen LogP contribution in [0, 0.1) is 12.7 Å². The van der Waals surface area contributed by atoms with Gasteiger partial charge in [-0.05, 0) is 43.3 Å². The SMILES string of the molecule is CCNC(CSc1ccc(C)cc1)c1ccc(F)cc1. The van der Waals surface area contributed by atoms with Gasteiger partial charge in [-0.2, -0.15) is 0 Å². The summed E-state index contributed by atoms with van der Waals surface area (Å²) in [5, 5.41) is 3.46. The van der Waals surface area contributed by atoms with E-state index in [1.165, 1.54) is 22.6 Å². The topological polar surface area (TPSA) is 12.0 Å². The van der Waals surface area contributed by atoms with Crippen LogP contribution in [-0.2, 0) is 0 Å². The lowest BCUT2D eigenvalue weighted by Crippen LogP contribution is -2.22. The summed E-state index contributed by atoms with van der Waals surface area (Å²) in [6.45, 7) is 5.08. The molecule has 2 rings (SSSR count). The molecule has 0 spiro atoms. The number of nitrogens with one attached hydrogen (secondary N) is 1. The van der Waals surface area contributed by atoms with Crippen molar-refractivity contribution in [1.29, 1.82) is 0 Å². The number of benzene rings is 2. The normalized spacial score (nSPS) is 12.3. The van der Waals surface area contributed by atoms with Crippen LogP contribution in [0.3, 0.4) is 0 Å². The van der Waals surface area contributed by atoms with Gasteiger partial charge in [0, 0.05) is 16.7 Å². The van der Waals surface area contributed by atoms with Crippen LogP contribution < -0.4 is 5.32 Å².